The molecule has 39 heavy (non-hydrogen) atoms. The average Bonchev–Trinajstić information content (AvgIpc) is 2.85. The molecule has 6 rings (SSSR count). The number of aromatic hydroxyl groups is 1. The quantitative estimate of drug-likeness (QED) is 0.289. The lowest BCUT2D eigenvalue weighted by Crippen LogP contribution is -2.58. The van der Waals surface area contributed by atoms with Gasteiger partial charge in [0.05, 0.1) is 5.02 Å². The van der Waals surface area contributed by atoms with Crippen LogP contribution < -0.4 is 15.4 Å². The number of anilines is 2. The van der Waals surface area contributed by atoms with Gasteiger partial charge in [-0.05, 0) is 79.2 Å². The standard InChI is InChI=1S/C29H34ClFN6OS/c1-36(2)19-15-37(16-19)29-33-27-23(28(34-29)35-39(3)10-8-18(32)9-11-39)14-24(30)25(26(27)31)22-13-20(38)12-17-6-4-5-7-21(17)22/h4-7,12-14,18-19,38H,8-11,15-16,32H2,1-3H3,(H,33,34,35). The summed E-state index contributed by atoms with van der Waals surface area (Å²) in [6, 6.07) is 13.2. The Hall–Kier alpha value is -2.85. The van der Waals surface area contributed by atoms with Crippen molar-refractivity contribution in [3.63, 3.8) is 0 Å². The molecule has 4 aromatic rings. The van der Waals surface area contributed by atoms with Crippen LogP contribution >= 0.6 is 21.8 Å². The second-order valence-electron chi connectivity index (χ2n) is 11.2. The van der Waals surface area contributed by atoms with Gasteiger partial charge in [-0.25, -0.2) is 9.37 Å². The van der Waals surface area contributed by atoms with Crippen LogP contribution in [0.4, 0.5) is 16.2 Å². The third-order valence-corrected chi connectivity index (χ3v) is 11.3. The van der Waals surface area contributed by atoms with E-state index in [0.717, 1.165) is 48.2 Å². The summed E-state index contributed by atoms with van der Waals surface area (Å²) >= 11 is 6.83. The fourth-order valence-corrected chi connectivity index (χ4v) is 8.47. The highest BCUT2D eigenvalue weighted by atomic mass is 35.5. The predicted molar refractivity (Wildman–Crippen MR) is 163 cm³/mol. The van der Waals surface area contributed by atoms with E-state index in [1.54, 1.807) is 18.2 Å². The summed E-state index contributed by atoms with van der Waals surface area (Å²) in [4.78, 5) is 14.0. The molecular weight excluding hydrogens is 535 g/mol. The van der Waals surface area contributed by atoms with Crippen LogP contribution in [0.15, 0.2) is 42.5 Å². The first-order chi connectivity index (χ1) is 18.6. The van der Waals surface area contributed by atoms with Gasteiger partial charge in [0, 0.05) is 36.1 Å². The van der Waals surface area contributed by atoms with E-state index >= 15 is 4.39 Å². The molecule has 3 aromatic carbocycles. The Morgan fingerprint density at radius 1 is 1.10 bits per heavy atom. The number of hydrogen-bond donors (Lipinski definition) is 3. The zero-order valence-corrected chi connectivity index (χ0v) is 24.0. The SMILES string of the molecule is CN(C)C1CN(c2nc(NS3(C)CCC(N)CC3)c3cc(Cl)c(-c4cc(O)cc5ccccc45)c(F)c3n2)C1. The molecule has 0 atom stereocenters. The van der Waals surface area contributed by atoms with E-state index < -0.39 is 16.0 Å². The molecule has 4 N–H and O–H groups in total. The van der Waals surface area contributed by atoms with Gasteiger partial charge < -0.3 is 25.4 Å². The zero-order chi connectivity index (χ0) is 27.5. The van der Waals surface area contributed by atoms with Crippen LogP contribution in [0, 0.1) is 5.82 Å². The maximum absolute atomic E-state index is 16.6. The summed E-state index contributed by atoms with van der Waals surface area (Å²) in [6.07, 6.45) is 4.16. The van der Waals surface area contributed by atoms with Crippen LogP contribution in [-0.4, -0.2) is 77.0 Å². The number of rotatable bonds is 5. The Kier molecular flexibility index (Phi) is 6.74. The van der Waals surface area contributed by atoms with Crippen LogP contribution in [0.5, 0.6) is 5.75 Å². The van der Waals surface area contributed by atoms with E-state index in [4.69, 9.17) is 27.3 Å². The van der Waals surface area contributed by atoms with Crippen molar-refractivity contribution in [1.82, 2.24) is 14.9 Å². The molecule has 2 saturated heterocycles. The highest BCUT2D eigenvalue weighted by Crippen LogP contribution is 2.50. The lowest BCUT2D eigenvalue weighted by Gasteiger charge is -2.44. The molecule has 2 fully saturated rings. The number of nitrogens with one attached hydrogen (secondary N) is 1. The third kappa shape index (κ3) is 4.86. The van der Waals surface area contributed by atoms with Crippen LogP contribution in [0.25, 0.3) is 32.8 Å². The Labute approximate surface area is 234 Å². The molecule has 7 nitrogen and oxygen atoms in total. The van der Waals surface area contributed by atoms with Crippen molar-refractivity contribution >= 4 is 55.3 Å². The van der Waals surface area contributed by atoms with Crippen LogP contribution in [0.3, 0.4) is 0 Å². The minimum atomic E-state index is -1.24. The molecule has 10 heteroatoms. The van der Waals surface area contributed by atoms with Crippen molar-refractivity contribution in [2.45, 2.75) is 24.9 Å². The normalized spacial score (nSPS) is 23.7. The molecule has 3 heterocycles. The minimum Gasteiger partial charge on any atom is -0.508 e. The number of phenolic OH excluding ortho intramolecular Hbond substituents is 1. The molecule has 206 valence electrons. The van der Waals surface area contributed by atoms with E-state index in [-0.39, 0.29) is 27.9 Å². The summed E-state index contributed by atoms with van der Waals surface area (Å²) in [5.41, 5.74) is 7.17. The van der Waals surface area contributed by atoms with Gasteiger partial charge in [-0.15, -0.1) is 0 Å². The van der Waals surface area contributed by atoms with Crippen molar-refractivity contribution in [3.05, 3.63) is 53.3 Å². The van der Waals surface area contributed by atoms with E-state index in [1.165, 1.54) is 0 Å². The molecule has 0 unspecified atom stereocenters. The summed E-state index contributed by atoms with van der Waals surface area (Å²) < 4.78 is 20.4. The van der Waals surface area contributed by atoms with Crippen LogP contribution in [0.2, 0.25) is 5.02 Å². The molecule has 2 aliphatic heterocycles. The number of phenols is 1. The van der Waals surface area contributed by atoms with E-state index in [0.29, 0.717) is 28.8 Å². The topological polar surface area (TPSA) is 90.5 Å². The first-order valence-electron chi connectivity index (χ1n) is 13.2. The molecular formula is C29H34ClFN6OS. The number of halogens is 2. The van der Waals surface area contributed by atoms with Crippen molar-refractivity contribution in [3.8, 4) is 16.9 Å². The first kappa shape index (κ1) is 26.4. The van der Waals surface area contributed by atoms with E-state index in [2.05, 4.69) is 34.9 Å². The summed E-state index contributed by atoms with van der Waals surface area (Å²) in [7, 11) is 2.87. The first-order valence-corrected chi connectivity index (χ1v) is 16.0. The monoisotopic (exact) mass is 568 g/mol. The van der Waals surface area contributed by atoms with Gasteiger partial charge >= 0.3 is 0 Å². The fraction of sp³-hybridized carbons (Fsp3) is 0.379. The number of nitrogens with two attached hydrogens (primary N) is 1. The molecule has 0 spiro atoms. The molecule has 2 aliphatic rings. The smallest absolute Gasteiger partial charge is 0.228 e. The van der Waals surface area contributed by atoms with Crippen molar-refractivity contribution < 1.29 is 9.50 Å². The van der Waals surface area contributed by atoms with E-state index in [9.17, 15) is 5.11 Å². The van der Waals surface area contributed by atoms with Gasteiger partial charge in [0.2, 0.25) is 5.95 Å². The summed E-state index contributed by atoms with van der Waals surface area (Å²) in [5, 5.41) is 12.9. The molecule has 0 aliphatic carbocycles. The van der Waals surface area contributed by atoms with Crippen molar-refractivity contribution in [1.29, 1.82) is 0 Å². The van der Waals surface area contributed by atoms with Gasteiger partial charge in [0.1, 0.15) is 17.1 Å². The second-order valence-corrected chi connectivity index (χ2v) is 15.2. The highest BCUT2D eigenvalue weighted by molar-refractivity contribution is 8.34. The van der Waals surface area contributed by atoms with Gasteiger partial charge in [-0.3, -0.25) is 0 Å². The van der Waals surface area contributed by atoms with Gasteiger partial charge in [-0.1, -0.05) is 35.9 Å². The summed E-state index contributed by atoms with van der Waals surface area (Å²) in [6.45, 7) is 1.55. The maximum Gasteiger partial charge on any atom is 0.228 e. The molecule has 0 amide bonds. The van der Waals surface area contributed by atoms with Gasteiger partial charge in [0.15, 0.2) is 5.82 Å². The Bertz CT molecular complexity index is 1570. The Morgan fingerprint density at radius 2 is 1.82 bits per heavy atom. The molecule has 1 aromatic heterocycles. The number of nitrogens with zero attached hydrogens (tertiary/aromatic N) is 4. The molecule has 0 radical (unpaired) electrons. The largest absolute Gasteiger partial charge is 0.508 e. The third-order valence-electron chi connectivity index (χ3n) is 8.08. The lowest BCUT2D eigenvalue weighted by atomic mass is 9.96. The minimum absolute atomic E-state index is 0.0485. The fourth-order valence-electron chi connectivity index (χ4n) is 5.50. The molecule has 0 bridgehead atoms. The predicted octanol–water partition coefficient (Wildman–Crippen LogP) is 5.58. The van der Waals surface area contributed by atoms with Gasteiger partial charge in [-0.2, -0.15) is 15.2 Å². The van der Waals surface area contributed by atoms with Crippen LogP contribution in [-0.2, 0) is 0 Å². The second kappa shape index (κ2) is 9.96. The number of hydrogen-bond acceptors (Lipinski definition) is 7. The average molecular weight is 569 g/mol. The maximum atomic E-state index is 16.6. The Morgan fingerprint density at radius 3 is 2.54 bits per heavy atom. The van der Waals surface area contributed by atoms with E-state index in [1.807, 2.05) is 24.3 Å². The van der Waals surface area contributed by atoms with Crippen molar-refractivity contribution in [2.75, 3.05) is 54.6 Å². The molecule has 0 saturated carbocycles. The van der Waals surface area contributed by atoms with Gasteiger partial charge in [0.25, 0.3) is 0 Å². The number of fused-ring (bicyclic) bond motifs is 2. The lowest BCUT2D eigenvalue weighted by molar-refractivity contribution is 0.245. The highest BCUT2D eigenvalue weighted by Gasteiger charge is 2.33. The summed E-state index contributed by atoms with van der Waals surface area (Å²) in [5.74, 6) is 2.61. The number of likely N-dealkylation sites (N-methyl/N-ethyl adjacent to an activating group) is 1. The number of aromatic nitrogens is 2. The van der Waals surface area contributed by atoms with Crippen LogP contribution in [0.1, 0.15) is 12.8 Å². The van der Waals surface area contributed by atoms with Crippen molar-refractivity contribution in [2.24, 2.45) is 5.73 Å². The number of benzene rings is 3. The Balaban J connectivity index is 1.52. The zero-order valence-electron chi connectivity index (χ0n) is 22.4.